The summed E-state index contributed by atoms with van der Waals surface area (Å²) in [4.78, 5) is 2.34. The summed E-state index contributed by atoms with van der Waals surface area (Å²) in [7, 11) is 0. The first-order valence-corrected chi connectivity index (χ1v) is 7.83. The average molecular weight is 367 g/mol. The van der Waals surface area contributed by atoms with Crippen molar-refractivity contribution in [1.29, 1.82) is 0 Å². The van der Waals surface area contributed by atoms with Crippen molar-refractivity contribution in [3.8, 4) is 17.2 Å². The van der Waals surface area contributed by atoms with E-state index in [-0.39, 0.29) is 42.4 Å². The van der Waals surface area contributed by atoms with Gasteiger partial charge in [-0.2, -0.15) is 0 Å². The van der Waals surface area contributed by atoms with Gasteiger partial charge in [-0.25, -0.2) is 0 Å². The summed E-state index contributed by atoms with van der Waals surface area (Å²) < 4.78 is 0. The number of halogens is 2. The molecule has 1 aliphatic rings. The number of benzene rings is 1. The third-order valence-corrected chi connectivity index (χ3v) is 4.19. The molecule has 1 aromatic carbocycles. The number of unbranched alkanes of at least 4 members (excludes halogenated alkanes) is 2. The second-order valence-corrected chi connectivity index (χ2v) is 5.67. The first-order chi connectivity index (χ1) is 10.1. The third kappa shape index (κ3) is 5.60. The number of nitrogens with zero attached hydrogens (tertiary/aromatic N) is 1. The predicted octanol–water partition coefficient (Wildman–Crippen LogP) is 3.17. The maximum Gasteiger partial charge on any atom is 0.200 e. The lowest BCUT2D eigenvalue weighted by Gasteiger charge is -2.35. The van der Waals surface area contributed by atoms with Crippen molar-refractivity contribution in [3.05, 3.63) is 17.7 Å². The highest BCUT2D eigenvalue weighted by molar-refractivity contribution is 5.85. The predicted molar refractivity (Wildman–Crippen MR) is 97.3 cm³/mol. The minimum atomic E-state index is -0.414. The molecule has 0 spiro atoms. The van der Waals surface area contributed by atoms with Crippen LogP contribution in [0.25, 0.3) is 0 Å². The molecule has 134 valence electrons. The van der Waals surface area contributed by atoms with E-state index in [0.717, 1.165) is 51.9 Å². The maximum absolute atomic E-state index is 10.2. The molecule has 23 heavy (non-hydrogen) atoms. The van der Waals surface area contributed by atoms with Crippen molar-refractivity contribution in [3.63, 3.8) is 0 Å². The molecule has 7 heteroatoms. The van der Waals surface area contributed by atoms with Gasteiger partial charge < -0.3 is 20.6 Å². The van der Waals surface area contributed by atoms with E-state index in [0.29, 0.717) is 5.56 Å². The molecular formula is C16H28Cl2N2O3. The lowest BCUT2D eigenvalue weighted by atomic mass is 9.96. The Bertz CT molecular complexity index is 469. The van der Waals surface area contributed by atoms with Gasteiger partial charge in [-0.15, -0.1) is 24.8 Å². The number of piperazine rings is 1. The largest absolute Gasteiger partial charge is 0.504 e. The first kappa shape index (κ1) is 22.1. The fourth-order valence-electron chi connectivity index (χ4n) is 2.97. The van der Waals surface area contributed by atoms with Crippen molar-refractivity contribution in [1.82, 2.24) is 10.2 Å². The molecule has 1 atom stereocenters. The van der Waals surface area contributed by atoms with Gasteiger partial charge in [0.15, 0.2) is 11.5 Å². The second kappa shape index (κ2) is 10.8. The quantitative estimate of drug-likeness (QED) is 0.459. The van der Waals surface area contributed by atoms with Crippen molar-refractivity contribution in [2.75, 3.05) is 26.2 Å². The Labute approximate surface area is 150 Å². The van der Waals surface area contributed by atoms with E-state index in [1.54, 1.807) is 6.07 Å². The molecule has 0 amide bonds. The summed E-state index contributed by atoms with van der Waals surface area (Å²) in [6.45, 7) is 5.91. The van der Waals surface area contributed by atoms with Gasteiger partial charge in [0, 0.05) is 37.8 Å². The number of aromatic hydroxyl groups is 3. The molecule has 1 saturated heterocycles. The van der Waals surface area contributed by atoms with Crippen LogP contribution in [0.1, 0.15) is 44.2 Å². The van der Waals surface area contributed by atoms with Crippen LogP contribution < -0.4 is 5.32 Å². The third-order valence-electron chi connectivity index (χ3n) is 4.19. The summed E-state index contributed by atoms with van der Waals surface area (Å²) in [6, 6.07) is 3.27. The number of rotatable bonds is 6. The van der Waals surface area contributed by atoms with Crippen LogP contribution in [0.5, 0.6) is 17.2 Å². The summed E-state index contributed by atoms with van der Waals surface area (Å²) in [5.41, 5.74) is 0.711. The Kier molecular flexibility index (Phi) is 10.4. The zero-order chi connectivity index (χ0) is 15.2. The molecule has 0 radical (unpaired) electrons. The zero-order valence-corrected chi connectivity index (χ0v) is 15.1. The van der Waals surface area contributed by atoms with E-state index in [9.17, 15) is 15.3 Å². The monoisotopic (exact) mass is 366 g/mol. The highest BCUT2D eigenvalue weighted by atomic mass is 35.5. The molecule has 4 N–H and O–H groups in total. The maximum atomic E-state index is 10.2. The Hall–Kier alpha value is -0.880. The number of phenols is 3. The van der Waals surface area contributed by atoms with Gasteiger partial charge in [-0.05, 0) is 18.6 Å². The Morgan fingerprint density at radius 3 is 2.30 bits per heavy atom. The molecule has 5 nitrogen and oxygen atoms in total. The highest BCUT2D eigenvalue weighted by Crippen LogP contribution is 2.42. The van der Waals surface area contributed by atoms with Gasteiger partial charge in [0.25, 0.3) is 0 Å². The van der Waals surface area contributed by atoms with E-state index in [2.05, 4.69) is 17.1 Å². The minimum absolute atomic E-state index is 0. The number of hydrogen-bond donors (Lipinski definition) is 4. The molecule has 0 saturated carbocycles. The van der Waals surface area contributed by atoms with E-state index in [1.807, 2.05) is 0 Å². The van der Waals surface area contributed by atoms with E-state index < -0.39 is 5.75 Å². The summed E-state index contributed by atoms with van der Waals surface area (Å²) >= 11 is 0. The Morgan fingerprint density at radius 2 is 1.70 bits per heavy atom. The molecule has 2 rings (SSSR count). The topological polar surface area (TPSA) is 76.0 Å². The normalized spacial score (nSPS) is 16.2. The molecule has 1 heterocycles. The van der Waals surface area contributed by atoms with Gasteiger partial charge >= 0.3 is 0 Å². The molecule has 1 aliphatic heterocycles. The molecule has 0 unspecified atom stereocenters. The lowest BCUT2D eigenvalue weighted by Crippen LogP contribution is -2.45. The smallest absolute Gasteiger partial charge is 0.200 e. The van der Waals surface area contributed by atoms with Crippen LogP contribution in [0.3, 0.4) is 0 Å². The van der Waals surface area contributed by atoms with E-state index in [1.165, 1.54) is 6.07 Å². The van der Waals surface area contributed by atoms with Crippen LogP contribution in [0.15, 0.2) is 12.1 Å². The molecular weight excluding hydrogens is 339 g/mol. The van der Waals surface area contributed by atoms with Gasteiger partial charge in [0.1, 0.15) is 0 Å². The standard InChI is InChI=1S/C16H26N2O3.2ClH/c1-2-3-4-5-13(18-10-8-17-9-11-18)12-6-7-14(19)16(21)15(12)20;;/h6-7,13,17,19-21H,2-5,8-11H2,1H3;2*1H/t13-;;/m0../s1. The number of nitrogens with one attached hydrogen (secondary N) is 1. The fourth-order valence-corrected chi connectivity index (χ4v) is 2.97. The van der Waals surface area contributed by atoms with E-state index >= 15 is 0 Å². The van der Waals surface area contributed by atoms with Crippen molar-refractivity contribution < 1.29 is 15.3 Å². The molecule has 0 bridgehead atoms. The Balaban J connectivity index is 0.00000242. The average Bonchev–Trinajstić information content (AvgIpc) is 2.51. The second-order valence-electron chi connectivity index (χ2n) is 5.67. The summed E-state index contributed by atoms with van der Waals surface area (Å²) in [5, 5.41) is 32.8. The van der Waals surface area contributed by atoms with Crippen LogP contribution in [0, 0.1) is 0 Å². The van der Waals surface area contributed by atoms with Gasteiger partial charge in [0.05, 0.1) is 0 Å². The fraction of sp³-hybridized carbons (Fsp3) is 0.625. The van der Waals surface area contributed by atoms with Crippen LogP contribution in [0.2, 0.25) is 0 Å². The van der Waals surface area contributed by atoms with Crippen molar-refractivity contribution >= 4 is 24.8 Å². The minimum Gasteiger partial charge on any atom is -0.504 e. The zero-order valence-electron chi connectivity index (χ0n) is 13.5. The van der Waals surface area contributed by atoms with E-state index in [4.69, 9.17) is 0 Å². The SMILES string of the molecule is CCCCC[C@@H](c1ccc(O)c(O)c1O)N1CCNCC1.Cl.Cl. The van der Waals surface area contributed by atoms with Gasteiger partial charge in [-0.3, -0.25) is 4.90 Å². The number of hydrogen-bond acceptors (Lipinski definition) is 5. The molecule has 1 fully saturated rings. The van der Waals surface area contributed by atoms with Gasteiger partial charge in [-0.1, -0.05) is 26.2 Å². The van der Waals surface area contributed by atoms with Gasteiger partial charge in [0.2, 0.25) is 5.75 Å². The number of phenolic OH excluding ortho intramolecular Hbond substituents is 3. The van der Waals surface area contributed by atoms with Crippen LogP contribution in [0.4, 0.5) is 0 Å². The lowest BCUT2D eigenvalue weighted by molar-refractivity contribution is 0.159. The van der Waals surface area contributed by atoms with Crippen molar-refractivity contribution in [2.24, 2.45) is 0 Å². The summed E-state index contributed by atoms with van der Waals surface area (Å²) in [6.07, 6.45) is 4.35. The molecule has 1 aromatic rings. The Morgan fingerprint density at radius 1 is 1.04 bits per heavy atom. The molecule has 0 aliphatic carbocycles. The van der Waals surface area contributed by atoms with Crippen LogP contribution in [-0.4, -0.2) is 46.4 Å². The van der Waals surface area contributed by atoms with Crippen LogP contribution >= 0.6 is 24.8 Å². The highest BCUT2D eigenvalue weighted by Gasteiger charge is 2.26. The van der Waals surface area contributed by atoms with Crippen LogP contribution in [-0.2, 0) is 0 Å². The molecule has 0 aromatic heterocycles. The first-order valence-electron chi connectivity index (χ1n) is 7.83. The summed E-state index contributed by atoms with van der Waals surface area (Å²) in [5.74, 6) is -0.873. The van der Waals surface area contributed by atoms with Crippen molar-refractivity contribution in [2.45, 2.75) is 38.6 Å².